The topological polar surface area (TPSA) is 115 Å². The van der Waals surface area contributed by atoms with Gasteiger partial charge in [0.05, 0.1) is 12.8 Å². The predicted molar refractivity (Wildman–Crippen MR) is 59.8 cm³/mol. The third-order valence-corrected chi connectivity index (χ3v) is 2.22. The Labute approximate surface area is 107 Å². The van der Waals surface area contributed by atoms with Gasteiger partial charge < -0.3 is 9.84 Å². The van der Waals surface area contributed by atoms with Crippen molar-refractivity contribution < 1.29 is 33.8 Å². The number of aliphatic carboxylic acids is 1. The molecule has 0 saturated carbocycles. The fraction of sp³-hybridized carbons (Fsp3) is 0.250. The van der Waals surface area contributed by atoms with Crippen LogP contribution >= 0.6 is 0 Å². The Bertz CT molecular complexity index is 536. The lowest BCUT2D eigenvalue weighted by Gasteiger charge is -1.91. The van der Waals surface area contributed by atoms with E-state index in [1.54, 1.807) is 0 Å². The van der Waals surface area contributed by atoms with E-state index < -0.39 is 17.9 Å². The lowest BCUT2D eigenvalue weighted by molar-refractivity contribution is -0.150. The zero-order valence-corrected chi connectivity index (χ0v) is 9.97. The molecule has 0 atom stereocenters. The lowest BCUT2D eigenvalue weighted by Crippen LogP contribution is -2.03. The van der Waals surface area contributed by atoms with Gasteiger partial charge in [0, 0.05) is 17.2 Å². The van der Waals surface area contributed by atoms with Gasteiger partial charge in [-0.05, 0) is 13.0 Å². The molecule has 7 nitrogen and oxygen atoms in total. The summed E-state index contributed by atoms with van der Waals surface area (Å²) in [6, 6.07) is 0. The summed E-state index contributed by atoms with van der Waals surface area (Å²) < 4.78 is 4.10. The standard InChI is InChI=1S/C7H6O4.C5H4O3/c8-5-1-4(2-7(10)11)6(9)3-5;1-3-2-4(6)8-5(3)7/h1H,2-3H2,(H,10,11);2H,1H3. The van der Waals surface area contributed by atoms with E-state index in [0.717, 1.165) is 6.08 Å². The average Bonchev–Trinajstić information content (AvgIpc) is 2.70. The van der Waals surface area contributed by atoms with Crippen LogP contribution in [0.4, 0.5) is 0 Å². The predicted octanol–water partition coefficient (Wildman–Crippen LogP) is -0.0545. The highest BCUT2D eigenvalue weighted by Crippen LogP contribution is 2.13. The number of Topliss-reactive ketones (excluding diaryl/α,β-unsaturated/α-hetero) is 1. The van der Waals surface area contributed by atoms with E-state index in [9.17, 15) is 24.0 Å². The van der Waals surface area contributed by atoms with Crippen molar-refractivity contribution in [2.24, 2.45) is 0 Å². The number of ether oxygens (including phenoxy) is 1. The number of allylic oxidation sites excluding steroid dienone is 1. The Morgan fingerprint density at radius 2 is 1.89 bits per heavy atom. The minimum Gasteiger partial charge on any atom is -0.481 e. The molecule has 0 unspecified atom stereocenters. The first-order chi connectivity index (χ1) is 8.79. The molecule has 0 bridgehead atoms. The first-order valence-electron chi connectivity index (χ1n) is 5.22. The first-order valence-corrected chi connectivity index (χ1v) is 5.22. The van der Waals surface area contributed by atoms with Crippen molar-refractivity contribution in [2.75, 3.05) is 0 Å². The number of ketones is 2. The molecular weight excluding hydrogens is 256 g/mol. The SMILES string of the molecule is CC1=CC(=O)OC1=O.O=C(O)CC1=CC(=O)CC1=O. The van der Waals surface area contributed by atoms with Crippen LogP contribution in [-0.4, -0.2) is 34.6 Å². The molecule has 1 N–H and O–H groups in total. The highest BCUT2D eigenvalue weighted by atomic mass is 16.6. The number of carbonyl (C=O) groups is 5. The Morgan fingerprint density at radius 3 is 2.16 bits per heavy atom. The molecule has 1 aliphatic heterocycles. The van der Waals surface area contributed by atoms with Gasteiger partial charge in [0.1, 0.15) is 0 Å². The second-order valence-corrected chi connectivity index (χ2v) is 3.84. The number of rotatable bonds is 2. The molecular formula is C12H10O7. The quantitative estimate of drug-likeness (QED) is 0.550. The molecule has 7 heteroatoms. The molecule has 0 saturated heterocycles. The maximum Gasteiger partial charge on any atom is 0.341 e. The number of carbonyl (C=O) groups excluding carboxylic acids is 4. The van der Waals surface area contributed by atoms with E-state index in [1.165, 1.54) is 13.0 Å². The van der Waals surface area contributed by atoms with Gasteiger partial charge in [-0.1, -0.05) is 0 Å². The van der Waals surface area contributed by atoms with Crippen LogP contribution in [0, 0.1) is 0 Å². The molecule has 1 heterocycles. The molecule has 0 radical (unpaired) electrons. The van der Waals surface area contributed by atoms with Crippen molar-refractivity contribution >= 4 is 29.5 Å². The summed E-state index contributed by atoms with van der Waals surface area (Å²) in [5.74, 6) is -2.84. The molecule has 0 aromatic carbocycles. The number of esters is 2. The number of hydrogen-bond donors (Lipinski definition) is 1. The maximum absolute atomic E-state index is 10.8. The van der Waals surface area contributed by atoms with Crippen LogP contribution in [0.2, 0.25) is 0 Å². The zero-order valence-electron chi connectivity index (χ0n) is 9.97. The van der Waals surface area contributed by atoms with Crippen molar-refractivity contribution in [1.82, 2.24) is 0 Å². The molecule has 0 fully saturated rings. The summed E-state index contributed by atoms with van der Waals surface area (Å²) in [4.78, 5) is 51.8. The van der Waals surface area contributed by atoms with Crippen LogP contribution in [0.5, 0.6) is 0 Å². The van der Waals surface area contributed by atoms with E-state index in [0.29, 0.717) is 5.57 Å². The second-order valence-electron chi connectivity index (χ2n) is 3.84. The van der Waals surface area contributed by atoms with Crippen molar-refractivity contribution in [3.05, 3.63) is 23.3 Å². The van der Waals surface area contributed by atoms with E-state index in [1.807, 2.05) is 0 Å². The van der Waals surface area contributed by atoms with E-state index >= 15 is 0 Å². The van der Waals surface area contributed by atoms with Crippen LogP contribution in [0.25, 0.3) is 0 Å². The average molecular weight is 266 g/mol. The molecule has 0 amide bonds. The fourth-order valence-electron chi connectivity index (χ4n) is 1.35. The molecule has 0 aromatic heterocycles. The number of hydrogen-bond acceptors (Lipinski definition) is 6. The number of cyclic esters (lactones) is 2. The van der Waals surface area contributed by atoms with Crippen molar-refractivity contribution in [1.29, 1.82) is 0 Å². The Balaban J connectivity index is 0.000000200. The van der Waals surface area contributed by atoms with E-state index in [-0.39, 0.29) is 30.0 Å². The number of carboxylic acid groups (broad SMARTS) is 1. The molecule has 2 aliphatic rings. The van der Waals surface area contributed by atoms with Crippen molar-refractivity contribution in [3.8, 4) is 0 Å². The van der Waals surface area contributed by atoms with Gasteiger partial charge in [-0.3, -0.25) is 14.4 Å². The molecule has 0 aromatic rings. The van der Waals surface area contributed by atoms with E-state index in [2.05, 4.69) is 4.74 Å². The summed E-state index contributed by atoms with van der Waals surface area (Å²) in [5, 5.41) is 8.27. The van der Waals surface area contributed by atoms with Crippen LogP contribution in [0.3, 0.4) is 0 Å². The summed E-state index contributed by atoms with van der Waals surface area (Å²) in [6.07, 6.45) is 1.77. The van der Waals surface area contributed by atoms with Crippen LogP contribution in [0.1, 0.15) is 19.8 Å². The minimum atomic E-state index is -1.08. The largest absolute Gasteiger partial charge is 0.481 e. The minimum absolute atomic E-state index is 0.113. The summed E-state index contributed by atoms with van der Waals surface area (Å²) in [5.41, 5.74) is 0.484. The van der Waals surface area contributed by atoms with Gasteiger partial charge in [0.15, 0.2) is 11.6 Å². The smallest absolute Gasteiger partial charge is 0.341 e. The maximum atomic E-state index is 10.8. The lowest BCUT2D eigenvalue weighted by atomic mass is 10.1. The molecule has 19 heavy (non-hydrogen) atoms. The monoisotopic (exact) mass is 266 g/mol. The van der Waals surface area contributed by atoms with Crippen LogP contribution < -0.4 is 0 Å². The van der Waals surface area contributed by atoms with Gasteiger partial charge in [0.2, 0.25) is 0 Å². The normalized spacial score (nSPS) is 17.5. The van der Waals surface area contributed by atoms with Gasteiger partial charge in [0.25, 0.3) is 0 Å². The van der Waals surface area contributed by atoms with Gasteiger partial charge in [-0.25, -0.2) is 9.59 Å². The highest BCUT2D eigenvalue weighted by Gasteiger charge is 2.22. The molecule has 0 spiro atoms. The first kappa shape index (κ1) is 14.5. The van der Waals surface area contributed by atoms with Crippen LogP contribution in [-0.2, 0) is 28.7 Å². The summed E-state index contributed by atoms with van der Waals surface area (Å²) >= 11 is 0. The third-order valence-electron chi connectivity index (χ3n) is 2.22. The fourth-order valence-corrected chi connectivity index (χ4v) is 1.35. The Kier molecular flexibility index (Phi) is 4.46. The van der Waals surface area contributed by atoms with Gasteiger partial charge >= 0.3 is 17.9 Å². The molecule has 2 rings (SSSR count). The van der Waals surface area contributed by atoms with Gasteiger partial charge in [-0.15, -0.1) is 0 Å². The highest BCUT2D eigenvalue weighted by molar-refractivity contribution is 6.20. The zero-order chi connectivity index (χ0) is 14.6. The number of carboxylic acids is 1. The summed E-state index contributed by atoms with van der Waals surface area (Å²) in [7, 11) is 0. The summed E-state index contributed by atoms with van der Waals surface area (Å²) in [6.45, 7) is 1.53. The molecule has 1 aliphatic carbocycles. The van der Waals surface area contributed by atoms with Crippen molar-refractivity contribution in [2.45, 2.75) is 19.8 Å². The van der Waals surface area contributed by atoms with E-state index in [4.69, 9.17) is 5.11 Å². The van der Waals surface area contributed by atoms with Gasteiger partial charge in [-0.2, -0.15) is 0 Å². The third kappa shape index (κ3) is 4.30. The Hall–Kier alpha value is -2.57. The van der Waals surface area contributed by atoms with Crippen molar-refractivity contribution in [3.63, 3.8) is 0 Å². The van der Waals surface area contributed by atoms with Crippen LogP contribution in [0.15, 0.2) is 23.3 Å². The Morgan fingerprint density at radius 1 is 1.26 bits per heavy atom. The molecule has 100 valence electrons. The second kappa shape index (κ2) is 5.85.